The Kier molecular flexibility index (Phi) is 5.34. The van der Waals surface area contributed by atoms with Gasteiger partial charge in [0, 0.05) is 4.88 Å². The average molecular weight is 383 g/mol. The molecule has 0 fully saturated rings. The minimum atomic E-state index is -0.208. The molecular weight excluding hydrogens is 360 g/mol. The summed E-state index contributed by atoms with van der Waals surface area (Å²) in [5.74, 6) is 0.568. The molecule has 0 bridgehead atoms. The highest BCUT2D eigenvalue weighted by molar-refractivity contribution is 9.10. The third-order valence-corrected chi connectivity index (χ3v) is 6.71. The van der Waals surface area contributed by atoms with E-state index >= 15 is 0 Å². The molecule has 0 spiro atoms. The van der Waals surface area contributed by atoms with Crippen molar-refractivity contribution in [1.82, 2.24) is 0 Å². The number of nitrogens with one attached hydrogen (secondary N) is 1. The molecule has 22 heavy (non-hydrogen) atoms. The van der Waals surface area contributed by atoms with Crippen molar-refractivity contribution in [1.29, 1.82) is 5.26 Å². The molecule has 1 amide bonds. The van der Waals surface area contributed by atoms with Gasteiger partial charge < -0.3 is 5.32 Å². The van der Waals surface area contributed by atoms with Crippen molar-refractivity contribution in [2.45, 2.75) is 58.2 Å². The Bertz CT molecular complexity index is 609. The number of rotatable bonds is 3. The summed E-state index contributed by atoms with van der Waals surface area (Å²) in [6.45, 7) is 8.79. The van der Waals surface area contributed by atoms with Gasteiger partial charge in [-0.25, -0.2) is 0 Å². The van der Waals surface area contributed by atoms with Gasteiger partial charge in [0.2, 0.25) is 5.91 Å². The zero-order valence-electron chi connectivity index (χ0n) is 13.6. The molecule has 1 aliphatic rings. The van der Waals surface area contributed by atoms with E-state index in [1.807, 2.05) is 6.92 Å². The minimum Gasteiger partial charge on any atom is -0.316 e. The lowest BCUT2D eigenvalue weighted by atomic mass is 9.72. The predicted molar refractivity (Wildman–Crippen MR) is 95.6 cm³/mol. The molecule has 1 aromatic rings. The van der Waals surface area contributed by atoms with Crippen molar-refractivity contribution in [3.63, 3.8) is 0 Å². The number of nitriles is 1. The van der Waals surface area contributed by atoms with E-state index in [9.17, 15) is 10.1 Å². The van der Waals surface area contributed by atoms with Crippen LogP contribution < -0.4 is 5.32 Å². The number of hydrogen-bond donors (Lipinski definition) is 1. The van der Waals surface area contributed by atoms with Gasteiger partial charge in [0.1, 0.15) is 11.1 Å². The Hall–Kier alpha value is -0.860. The molecule has 0 aliphatic heterocycles. The quantitative estimate of drug-likeness (QED) is 0.756. The van der Waals surface area contributed by atoms with E-state index in [-0.39, 0.29) is 16.1 Å². The Balaban J connectivity index is 2.27. The highest BCUT2D eigenvalue weighted by Gasteiger charge is 2.32. The van der Waals surface area contributed by atoms with Gasteiger partial charge in [0.25, 0.3) is 0 Å². The second kappa shape index (κ2) is 6.72. The van der Waals surface area contributed by atoms with Crippen LogP contribution in [0.25, 0.3) is 0 Å². The molecule has 1 aliphatic carbocycles. The first-order valence-corrected chi connectivity index (χ1v) is 9.50. The summed E-state index contributed by atoms with van der Waals surface area (Å²) in [5.41, 5.74) is 2.11. The van der Waals surface area contributed by atoms with E-state index in [2.05, 4.69) is 48.1 Å². The third-order valence-electron chi connectivity index (χ3n) is 4.48. The number of alkyl halides is 1. The molecule has 2 atom stereocenters. The molecule has 0 aromatic carbocycles. The average Bonchev–Trinajstić information content (AvgIpc) is 2.81. The molecule has 2 rings (SSSR count). The van der Waals surface area contributed by atoms with E-state index in [0.717, 1.165) is 36.2 Å². The lowest BCUT2D eigenvalue weighted by Gasteiger charge is -2.33. The van der Waals surface area contributed by atoms with Crippen LogP contribution in [0.5, 0.6) is 0 Å². The fourth-order valence-corrected chi connectivity index (χ4v) is 4.30. The first-order valence-electron chi connectivity index (χ1n) is 7.77. The number of fused-ring (bicyclic) bond motifs is 1. The zero-order valence-corrected chi connectivity index (χ0v) is 16.0. The van der Waals surface area contributed by atoms with Gasteiger partial charge >= 0.3 is 0 Å². The maximum absolute atomic E-state index is 12.1. The maximum atomic E-state index is 12.1. The highest BCUT2D eigenvalue weighted by Crippen LogP contribution is 2.44. The van der Waals surface area contributed by atoms with Crippen LogP contribution in [0, 0.1) is 22.7 Å². The van der Waals surface area contributed by atoms with E-state index in [1.165, 1.54) is 4.88 Å². The van der Waals surface area contributed by atoms with Gasteiger partial charge in [-0.1, -0.05) is 43.6 Å². The first-order chi connectivity index (χ1) is 10.3. The number of halogens is 1. The van der Waals surface area contributed by atoms with E-state index in [4.69, 9.17) is 0 Å². The van der Waals surface area contributed by atoms with Gasteiger partial charge in [-0.15, -0.1) is 11.3 Å². The SMILES string of the molecule is CC[C@@H](Br)C(=O)Nc1sc2c(c1C#N)CC[C@H](C(C)(C)C)C2. The van der Waals surface area contributed by atoms with Gasteiger partial charge in [0.05, 0.1) is 10.4 Å². The number of carbonyl (C=O) groups is 1. The summed E-state index contributed by atoms with van der Waals surface area (Å²) < 4.78 is 0. The number of nitrogens with zero attached hydrogens (tertiary/aromatic N) is 1. The summed E-state index contributed by atoms with van der Waals surface area (Å²) >= 11 is 4.95. The van der Waals surface area contributed by atoms with E-state index in [0.29, 0.717) is 11.5 Å². The number of amides is 1. The molecule has 1 N–H and O–H groups in total. The van der Waals surface area contributed by atoms with Crippen LogP contribution in [0.2, 0.25) is 0 Å². The van der Waals surface area contributed by atoms with Crippen LogP contribution >= 0.6 is 27.3 Å². The number of thiophene rings is 1. The molecule has 0 unspecified atom stereocenters. The predicted octanol–water partition coefficient (Wildman–Crippen LogP) is 4.88. The molecular formula is C17H23BrN2OS. The van der Waals surface area contributed by atoms with Crippen LogP contribution in [-0.4, -0.2) is 10.7 Å². The Labute approximate surface area is 145 Å². The molecule has 0 radical (unpaired) electrons. The molecule has 120 valence electrons. The van der Waals surface area contributed by atoms with Gasteiger partial charge in [-0.3, -0.25) is 4.79 Å². The molecule has 1 heterocycles. The Morgan fingerprint density at radius 1 is 1.55 bits per heavy atom. The normalized spacial score (nSPS) is 19.2. The van der Waals surface area contributed by atoms with Crippen LogP contribution in [-0.2, 0) is 17.6 Å². The second-order valence-corrected chi connectivity index (χ2v) is 9.20. The van der Waals surface area contributed by atoms with E-state index < -0.39 is 0 Å². The summed E-state index contributed by atoms with van der Waals surface area (Å²) in [4.78, 5) is 13.2. The number of carbonyl (C=O) groups excluding carboxylic acids is 1. The third kappa shape index (κ3) is 3.55. The highest BCUT2D eigenvalue weighted by atomic mass is 79.9. The zero-order chi connectivity index (χ0) is 16.5. The van der Waals surface area contributed by atoms with Crippen molar-refractivity contribution in [2.75, 3.05) is 5.32 Å². The van der Waals surface area contributed by atoms with E-state index in [1.54, 1.807) is 11.3 Å². The summed E-state index contributed by atoms with van der Waals surface area (Å²) in [6, 6.07) is 2.30. The molecule has 1 aromatic heterocycles. The molecule has 5 heteroatoms. The van der Waals surface area contributed by atoms with Crippen molar-refractivity contribution < 1.29 is 4.79 Å². The van der Waals surface area contributed by atoms with Crippen molar-refractivity contribution in [3.05, 3.63) is 16.0 Å². The summed E-state index contributed by atoms with van der Waals surface area (Å²) in [6.07, 6.45) is 3.80. The summed E-state index contributed by atoms with van der Waals surface area (Å²) in [5, 5.41) is 13.2. The Morgan fingerprint density at radius 2 is 2.23 bits per heavy atom. The second-order valence-electron chi connectivity index (χ2n) is 6.99. The monoisotopic (exact) mass is 382 g/mol. The lowest BCUT2D eigenvalue weighted by molar-refractivity contribution is -0.115. The maximum Gasteiger partial charge on any atom is 0.238 e. The smallest absolute Gasteiger partial charge is 0.238 e. The van der Waals surface area contributed by atoms with Gasteiger partial charge in [-0.05, 0) is 42.6 Å². The summed E-state index contributed by atoms with van der Waals surface area (Å²) in [7, 11) is 0. The van der Waals surface area contributed by atoms with Crippen LogP contribution in [0.4, 0.5) is 5.00 Å². The van der Waals surface area contributed by atoms with Crippen LogP contribution in [0.3, 0.4) is 0 Å². The largest absolute Gasteiger partial charge is 0.316 e. The number of hydrogen-bond acceptors (Lipinski definition) is 3. The fraction of sp³-hybridized carbons (Fsp3) is 0.647. The molecule has 0 saturated heterocycles. The molecule has 3 nitrogen and oxygen atoms in total. The first kappa shape index (κ1) is 17.5. The standard InChI is InChI=1S/C17H23BrN2OS/c1-5-13(18)15(21)20-16-12(9-19)11-7-6-10(17(2,3)4)8-14(11)22-16/h10,13H,5-8H2,1-4H3,(H,20,21)/t10-,13+/m0/s1. The van der Waals surface area contributed by atoms with Gasteiger partial charge in [0.15, 0.2) is 0 Å². The molecule has 0 saturated carbocycles. The van der Waals surface area contributed by atoms with Crippen LogP contribution in [0.1, 0.15) is 56.5 Å². The lowest BCUT2D eigenvalue weighted by Crippen LogP contribution is -2.26. The van der Waals surface area contributed by atoms with Crippen molar-refractivity contribution >= 4 is 38.2 Å². The number of anilines is 1. The van der Waals surface area contributed by atoms with Crippen LogP contribution in [0.15, 0.2) is 0 Å². The van der Waals surface area contributed by atoms with Gasteiger partial charge in [-0.2, -0.15) is 5.26 Å². The van der Waals surface area contributed by atoms with Crippen molar-refractivity contribution in [3.8, 4) is 6.07 Å². The minimum absolute atomic E-state index is 0.0648. The fourth-order valence-electron chi connectivity index (χ4n) is 2.91. The topological polar surface area (TPSA) is 52.9 Å². The van der Waals surface area contributed by atoms with Crippen molar-refractivity contribution in [2.24, 2.45) is 11.3 Å². The Morgan fingerprint density at radius 3 is 2.77 bits per heavy atom.